The fourth-order valence-corrected chi connectivity index (χ4v) is 2.26. The van der Waals surface area contributed by atoms with Crippen LogP contribution in [0.2, 0.25) is 0 Å². The Morgan fingerprint density at radius 3 is 2.52 bits per heavy atom. The first kappa shape index (κ1) is 17.3. The van der Waals surface area contributed by atoms with Crippen LogP contribution in [0.15, 0.2) is 18.2 Å². The van der Waals surface area contributed by atoms with E-state index in [1.165, 1.54) is 19.3 Å². The Labute approximate surface area is 127 Å². The zero-order valence-corrected chi connectivity index (χ0v) is 13.4. The van der Waals surface area contributed by atoms with E-state index in [9.17, 15) is 4.79 Å². The van der Waals surface area contributed by atoms with Crippen molar-refractivity contribution in [1.29, 1.82) is 0 Å². The number of amides is 1. The van der Waals surface area contributed by atoms with Crippen molar-refractivity contribution in [2.45, 2.75) is 52.0 Å². The van der Waals surface area contributed by atoms with Crippen LogP contribution in [0.5, 0.6) is 11.5 Å². The number of hydrogen-bond acceptors (Lipinski definition) is 3. The smallest absolute Gasteiger partial charge is 0.220 e. The Hall–Kier alpha value is -1.71. The van der Waals surface area contributed by atoms with E-state index < -0.39 is 0 Å². The molecule has 4 nitrogen and oxygen atoms in total. The molecule has 4 heteroatoms. The van der Waals surface area contributed by atoms with E-state index in [-0.39, 0.29) is 5.91 Å². The quantitative estimate of drug-likeness (QED) is 0.669. The SMILES string of the molecule is CCCCCCCC(=O)NCc1cccc(OC)c1OC. The van der Waals surface area contributed by atoms with E-state index >= 15 is 0 Å². The Bertz CT molecular complexity index is 432. The van der Waals surface area contributed by atoms with Crippen molar-refractivity contribution in [3.05, 3.63) is 23.8 Å². The molecule has 118 valence electrons. The topological polar surface area (TPSA) is 47.6 Å². The zero-order chi connectivity index (χ0) is 15.5. The first-order valence-electron chi connectivity index (χ1n) is 7.69. The van der Waals surface area contributed by atoms with Crippen molar-refractivity contribution in [2.24, 2.45) is 0 Å². The van der Waals surface area contributed by atoms with Crippen LogP contribution in [-0.4, -0.2) is 20.1 Å². The highest BCUT2D eigenvalue weighted by Crippen LogP contribution is 2.30. The molecule has 0 aromatic heterocycles. The highest BCUT2D eigenvalue weighted by atomic mass is 16.5. The number of nitrogens with one attached hydrogen (secondary N) is 1. The van der Waals surface area contributed by atoms with Gasteiger partial charge in [0.25, 0.3) is 0 Å². The molecule has 1 aromatic rings. The molecule has 0 saturated heterocycles. The molecule has 0 saturated carbocycles. The van der Waals surface area contributed by atoms with Gasteiger partial charge in [-0.2, -0.15) is 0 Å². The number of methoxy groups -OCH3 is 2. The van der Waals surface area contributed by atoms with Gasteiger partial charge in [-0.25, -0.2) is 0 Å². The van der Waals surface area contributed by atoms with Crippen molar-refractivity contribution in [3.63, 3.8) is 0 Å². The van der Waals surface area contributed by atoms with Crippen molar-refractivity contribution in [3.8, 4) is 11.5 Å². The Morgan fingerprint density at radius 2 is 1.86 bits per heavy atom. The molecular formula is C17H27NO3. The Morgan fingerprint density at radius 1 is 1.10 bits per heavy atom. The predicted molar refractivity (Wildman–Crippen MR) is 84.8 cm³/mol. The van der Waals surface area contributed by atoms with Gasteiger partial charge < -0.3 is 14.8 Å². The number of para-hydroxylation sites is 1. The fraction of sp³-hybridized carbons (Fsp3) is 0.588. The molecule has 1 N–H and O–H groups in total. The van der Waals surface area contributed by atoms with Gasteiger partial charge in [-0.1, -0.05) is 44.7 Å². The van der Waals surface area contributed by atoms with Crippen molar-refractivity contribution in [2.75, 3.05) is 14.2 Å². The van der Waals surface area contributed by atoms with Gasteiger partial charge >= 0.3 is 0 Å². The molecule has 0 bridgehead atoms. The lowest BCUT2D eigenvalue weighted by atomic mass is 10.1. The van der Waals surface area contributed by atoms with Gasteiger partial charge in [-0.15, -0.1) is 0 Å². The average molecular weight is 293 g/mol. The lowest BCUT2D eigenvalue weighted by Crippen LogP contribution is -2.22. The van der Waals surface area contributed by atoms with Crippen LogP contribution in [0.1, 0.15) is 51.0 Å². The summed E-state index contributed by atoms with van der Waals surface area (Å²) >= 11 is 0. The number of hydrogen-bond donors (Lipinski definition) is 1. The van der Waals surface area contributed by atoms with Crippen LogP contribution < -0.4 is 14.8 Å². The van der Waals surface area contributed by atoms with Gasteiger partial charge in [-0.05, 0) is 12.5 Å². The van der Waals surface area contributed by atoms with E-state index in [1.807, 2.05) is 18.2 Å². The summed E-state index contributed by atoms with van der Waals surface area (Å²) in [5, 5.41) is 2.94. The molecule has 0 radical (unpaired) electrons. The van der Waals surface area contributed by atoms with Crippen molar-refractivity contribution >= 4 is 5.91 Å². The van der Waals surface area contributed by atoms with Crippen LogP contribution in [0.3, 0.4) is 0 Å². The third-order valence-electron chi connectivity index (χ3n) is 3.47. The monoisotopic (exact) mass is 293 g/mol. The van der Waals surface area contributed by atoms with Gasteiger partial charge in [0, 0.05) is 18.5 Å². The molecule has 1 rings (SSSR count). The Balaban J connectivity index is 2.39. The molecule has 0 aliphatic carbocycles. The van der Waals surface area contributed by atoms with E-state index in [0.717, 1.165) is 18.4 Å². The molecule has 0 unspecified atom stereocenters. The van der Waals surface area contributed by atoms with E-state index in [1.54, 1.807) is 14.2 Å². The maximum absolute atomic E-state index is 11.8. The number of carbonyl (C=O) groups excluding carboxylic acids is 1. The lowest BCUT2D eigenvalue weighted by molar-refractivity contribution is -0.121. The maximum atomic E-state index is 11.8. The molecule has 1 aromatic carbocycles. The summed E-state index contributed by atoms with van der Waals surface area (Å²) in [6.07, 6.45) is 6.37. The number of ether oxygens (including phenoxy) is 2. The van der Waals surface area contributed by atoms with Crippen LogP contribution in [0.4, 0.5) is 0 Å². The van der Waals surface area contributed by atoms with Crippen molar-refractivity contribution < 1.29 is 14.3 Å². The maximum Gasteiger partial charge on any atom is 0.220 e. The summed E-state index contributed by atoms with van der Waals surface area (Å²) < 4.78 is 10.6. The summed E-state index contributed by atoms with van der Waals surface area (Å²) in [6.45, 7) is 2.66. The molecule has 0 spiro atoms. The molecule has 0 heterocycles. The van der Waals surface area contributed by atoms with E-state index in [2.05, 4.69) is 12.2 Å². The molecule has 1 amide bonds. The van der Waals surface area contributed by atoms with E-state index in [0.29, 0.717) is 24.5 Å². The van der Waals surface area contributed by atoms with Gasteiger partial charge in [0.05, 0.1) is 14.2 Å². The zero-order valence-electron chi connectivity index (χ0n) is 13.4. The molecule has 0 aliphatic rings. The predicted octanol–water partition coefficient (Wildman–Crippen LogP) is 3.68. The van der Waals surface area contributed by atoms with Crippen molar-refractivity contribution in [1.82, 2.24) is 5.32 Å². The number of rotatable bonds is 10. The summed E-state index contributed by atoms with van der Waals surface area (Å²) in [4.78, 5) is 11.8. The standard InChI is InChI=1S/C17H27NO3/c1-4-5-6-7-8-12-16(19)18-13-14-10-9-11-15(20-2)17(14)21-3/h9-11H,4-8,12-13H2,1-3H3,(H,18,19). The molecular weight excluding hydrogens is 266 g/mol. The van der Waals surface area contributed by atoms with Gasteiger partial charge in [0.2, 0.25) is 5.91 Å². The minimum atomic E-state index is 0.0939. The third kappa shape index (κ3) is 6.06. The summed E-state index contributed by atoms with van der Waals surface area (Å²) in [5.74, 6) is 1.46. The first-order chi connectivity index (χ1) is 10.2. The first-order valence-corrected chi connectivity index (χ1v) is 7.69. The number of carbonyl (C=O) groups is 1. The minimum Gasteiger partial charge on any atom is -0.493 e. The van der Waals surface area contributed by atoms with Crippen LogP contribution in [0, 0.1) is 0 Å². The molecule has 0 atom stereocenters. The third-order valence-corrected chi connectivity index (χ3v) is 3.47. The van der Waals surface area contributed by atoms with Crippen LogP contribution >= 0.6 is 0 Å². The second-order valence-electron chi connectivity index (χ2n) is 5.09. The van der Waals surface area contributed by atoms with E-state index in [4.69, 9.17) is 9.47 Å². The number of unbranched alkanes of at least 4 members (excludes halogenated alkanes) is 4. The van der Waals surface area contributed by atoms with Crippen LogP contribution in [-0.2, 0) is 11.3 Å². The lowest BCUT2D eigenvalue weighted by Gasteiger charge is -2.13. The second kappa shape index (κ2) is 10.1. The summed E-state index contributed by atoms with van der Waals surface area (Å²) in [5.41, 5.74) is 0.927. The highest BCUT2D eigenvalue weighted by molar-refractivity contribution is 5.75. The largest absolute Gasteiger partial charge is 0.493 e. The van der Waals surface area contributed by atoms with Gasteiger partial charge in [0.15, 0.2) is 11.5 Å². The summed E-state index contributed by atoms with van der Waals surface area (Å²) in [6, 6.07) is 5.67. The fourth-order valence-electron chi connectivity index (χ4n) is 2.26. The molecule has 21 heavy (non-hydrogen) atoms. The van der Waals surface area contributed by atoms with Crippen LogP contribution in [0.25, 0.3) is 0 Å². The molecule has 0 aliphatic heterocycles. The highest BCUT2D eigenvalue weighted by Gasteiger charge is 2.10. The van der Waals surface area contributed by atoms with Gasteiger partial charge in [-0.3, -0.25) is 4.79 Å². The summed E-state index contributed by atoms with van der Waals surface area (Å²) in [7, 11) is 3.22. The average Bonchev–Trinajstić information content (AvgIpc) is 2.52. The minimum absolute atomic E-state index is 0.0939. The van der Waals surface area contributed by atoms with Gasteiger partial charge in [0.1, 0.15) is 0 Å². The second-order valence-corrected chi connectivity index (χ2v) is 5.09. The Kier molecular flexibility index (Phi) is 8.32. The number of benzene rings is 1. The normalized spacial score (nSPS) is 10.2. The molecule has 0 fully saturated rings.